The van der Waals surface area contributed by atoms with E-state index in [-0.39, 0.29) is 5.91 Å². The van der Waals surface area contributed by atoms with Crippen LogP contribution in [0.15, 0.2) is 24.3 Å². The van der Waals surface area contributed by atoms with Gasteiger partial charge in [0.2, 0.25) is 5.91 Å². The summed E-state index contributed by atoms with van der Waals surface area (Å²) in [5.41, 5.74) is 2.11. The number of rotatable bonds is 3. The Hall–Kier alpha value is -1.14. The quantitative estimate of drug-likeness (QED) is 0.917. The molecular formula is C16H19NO3S2. The first-order valence-electron chi connectivity index (χ1n) is 7.43. The van der Waals surface area contributed by atoms with E-state index in [0.717, 1.165) is 28.4 Å². The Morgan fingerprint density at radius 1 is 1.23 bits per heavy atom. The third-order valence-electron chi connectivity index (χ3n) is 4.14. The van der Waals surface area contributed by atoms with Crippen LogP contribution in [-0.2, 0) is 22.6 Å². The molecule has 118 valence electrons. The predicted octanol–water partition coefficient (Wildman–Crippen LogP) is 2.26. The van der Waals surface area contributed by atoms with Gasteiger partial charge in [-0.3, -0.25) is 4.79 Å². The molecule has 0 aliphatic carbocycles. The number of carbonyl (C=O) groups excluding carboxylic acids is 1. The van der Waals surface area contributed by atoms with Crippen LogP contribution in [0.1, 0.15) is 17.5 Å². The molecular weight excluding hydrogens is 318 g/mol. The fraction of sp³-hybridized carbons (Fsp3) is 0.500. The van der Waals surface area contributed by atoms with Gasteiger partial charge in [0, 0.05) is 41.9 Å². The average Bonchev–Trinajstić information content (AvgIpc) is 2.54. The van der Waals surface area contributed by atoms with Crippen LogP contribution in [0, 0.1) is 0 Å². The Morgan fingerprint density at radius 3 is 2.68 bits per heavy atom. The van der Waals surface area contributed by atoms with Crippen LogP contribution in [0.25, 0.3) is 0 Å². The summed E-state index contributed by atoms with van der Waals surface area (Å²) >= 11 is 3.71. The van der Waals surface area contributed by atoms with Gasteiger partial charge in [-0.25, -0.2) is 4.79 Å². The fourth-order valence-corrected chi connectivity index (χ4v) is 5.64. The second-order valence-electron chi connectivity index (χ2n) is 5.62. The molecule has 2 heterocycles. The molecule has 0 radical (unpaired) electrons. The minimum atomic E-state index is -0.909. The molecule has 2 aliphatic rings. The molecule has 1 aromatic rings. The summed E-state index contributed by atoms with van der Waals surface area (Å²) in [6, 6.07) is 7.07. The second-order valence-corrected chi connectivity index (χ2v) is 8.18. The lowest BCUT2D eigenvalue weighted by Crippen LogP contribution is -2.49. The lowest BCUT2D eigenvalue weighted by Gasteiger charge is -2.35. The molecule has 6 heteroatoms. The highest BCUT2D eigenvalue weighted by Gasteiger charge is 2.35. The van der Waals surface area contributed by atoms with Gasteiger partial charge in [0.1, 0.15) is 6.04 Å². The number of carbonyl (C=O) groups is 2. The largest absolute Gasteiger partial charge is 0.480 e. The maximum Gasteiger partial charge on any atom is 0.326 e. The van der Waals surface area contributed by atoms with E-state index in [2.05, 4.69) is 0 Å². The van der Waals surface area contributed by atoms with Crippen LogP contribution >= 0.6 is 23.5 Å². The molecule has 1 N–H and O–H groups in total. The molecule has 2 unspecified atom stereocenters. The number of amides is 1. The first-order valence-corrected chi connectivity index (χ1v) is 9.64. The van der Waals surface area contributed by atoms with Crippen molar-refractivity contribution in [2.75, 3.05) is 17.3 Å². The van der Waals surface area contributed by atoms with Gasteiger partial charge < -0.3 is 10.0 Å². The number of thioether (sulfide) groups is 2. The molecule has 3 rings (SSSR count). The number of benzene rings is 1. The Labute approximate surface area is 138 Å². The van der Waals surface area contributed by atoms with Crippen LogP contribution in [0.4, 0.5) is 0 Å². The SMILES string of the molecule is O=C(O)C1Cc2ccccc2CN1C(=O)CC1CSCCS1. The third-order valence-corrected chi connectivity index (χ3v) is 6.99. The molecule has 0 spiro atoms. The van der Waals surface area contributed by atoms with E-state index in [1.165, 1.54) is 0 Å². The zero-order chi connectivity index (χ0) is 15.5. The van der Waals surface area contributed by atoms with E-state index in [1.807, 2.05) is 47.8 Å². The lowest BCUT2D eigenvalue weighted by atomic mass is 9.93. The number of carboxylic acid groups (broad SMARTS) is 1. The summed E-state index contributed by atoms with van der Waals surface area (Å²) in [7, 11) is 0. The van der Waals surface area contributed by atoms with E-state index in [1.54, 1.807) is 4.90 Å². The van der Waals surface area contributed by atoms with Crippen LogP contribution < -0.4 is 0 Å². The van der Waals surface area contributed by atoms with Crippen molar-refractivity contribution in [3.63, 3.8) is 0 Å². The van der Waals surface area contributed by atoms with Crippen molar-refractivity contribution < 1.29 is 14.7 Å². The second kappa shape index (κ2) is 6.96. The summed E-state index contributed by atoms with van der Waals surface area (Å²) in [6.07, 6.45) is 0.855. The number of nitrogens with zero attached hydrogens (tertiary/aromatic N) is 1. The van der Waals surface area contributed by atoms with Crippen LogP contribution in [0.2, 0.25) is 0 Å². The van der Waals surface area contributed by atoms with Crippen molar-refractivity contribution in [1.82, 2.24) is 4.90 Å². The van der Waals surface area contributed by atoms with Gasteiger partial charge in [-0.2, -0.15) is 23.5 Å². The number of fused-ring (bicyclic) bond motifs is 1. The molecule has 2 atom stereocenters. The van der Waals surface area contributed by atoms with Gasteiger partial charge >= 0.3 is 5.97 Å². The standard InChI is InChI=1S/C16H19NO3S2/c18-15(8-13-10-21-5-6-22-13)17-9-12-4-2-1-3-11(12)7-14(17)16(19)20/h1-4,13-14H,5-10H2,(H,19,20). The normalized spacial score (nSPS) is 24.6. The molecule has 1 saturated heterocycles. The minimum Gasteiger partial charge on any atom is -0.480 e. The topological polar surface area (TPSA) is 57.6 Å². The molecule has 1 fully saturated rings. The number of carboxylic acids is 1. The van der Waals surface area contributed by atoms with E-state index >= 15 is 0 Å². The van der Waals surface area contributed by atoms with Crippen molar-refractivity contribution in [3.05, 3.63) is 35.4 Å². The number of hydrogen-bond donors (Lipinski definition) is 1. The summed E-state index contributed by atoms with van der Waals surface area (Å²) < 4.78 is 0. The summed E-state index contributed by atoms with van der Waals surface area (Å²) in [6.45, 7) is 0.413. The molecule has 1 aromatic carbocycles. The van der Waals surface area contributed by atoms with Gasteiger partial charge in [-0.05, 0) is 11.1 Å². The summed E-state index contributed by atoms with van der Waals surface area (Å²) in [5, 5.41) is 9.80. The third kappa shape index (κ3) is 3.43. The minimum absolute atomic E-state index is 0.0260. The Kier molecular flexibility index (Phi) is 4.98. The zero-order valence-electron chi connectivity index (χ0n) is 12.2. The highest BCUT2D eigenvalue weighted by atomic mass is 32.2. The van der Waals surface area contributed by atoms with Crippen molar-refractivity contribution in [2.24, 2.45) is 0 Å². The maximum atomic E-state index is 12.6. The number of hydrogen-bond acceptors (Lipinski definition) is 4. The smallest absolute Gasteiger partial charge is 0.326 e. The van der Waals surface area contributed by atoms with Crippen LogP contribution in [-0.4, -0.2) is 50.4 Å². The average molecular weight is 337 g/mol. The van der Waals surface area contributed by atoms with Crippen molar-refractivity contribution in [1.29, 1.82) is 0 Å². The van der Waals surface area contributed by atoms with Crippen LogP contribution in [0.3, 0.4) is 0 Å². The highest BCUT2D eigenvalue weighted by Crippen LogP contribution is 2.29. The van der Waals surface area contributed by atoms with E-state index in [4.69, 9.17) is 0 Å². The lowest BCUT2D eigenvalue weighted by molar-refractivity contribution is -0.151. The van der Waals surface area contributed by atoms with Crippen molar-refractivity contribution >= 4 is 35.4 Å². The molecule has 4 nitrogen and oxygen atoms in total. The summed E-state index contributed by atoms with van der Waals surface area (Å²) in [4.78, 5) is 25.8. The van der Waals surface area contributed by atoms with Gasteiger partial charge in [0.25, 0.3) is 0 Å². The van der Waals surface area contributed by atoms with Gasteiger partial charge in [-0.15, -0.1) is 0 Å². The van der Waals surface area contributed by atoms with E-state index in [0.29, 0.717) is 24.6 Å². The van der Waals surface area contributed by atoms with Crippen LogP contribution in [0.5, 0.6) is 0 Å². The molecule has 0 bridgehead atoms. The van der Waals surface area contributed by atoms with Crippen molar-refractivity contribution in [2.45, 2.75) is 30.7 Å². The maximum absolute atomic E-state index is 12.6. The highest BCUT2D eigenvalue weighted by molar-refractivity contribution is 8.06. The first kappa shape index (κ1) is 15.7. The Bertz CT molecular complexity index is 572. The van der Waals surface area contributed by atoms with E-state index < -0.39 is 12.0 Å². The van der Waals surface area contributed by atoms with Gasteiger partial charge in [0.05, 0.1) is 0 Å². The van der Waals surface area contributed by atoms with Gasteiger partial charge in [-0.1, -0.05) is 24.3 Å². The predicted molar refractivity (Wildman–Crippen MR) is 90.3 cm³/mol. The summed E-state index contributed by atoms with van der Waals surface area (Å²) in [5.74, 6) is 2.27. The molecule has 22 heavy (non-hydrogen) atoms. The van der Waals surface area contributed by atoms with Gasteiger partial charge in [0.15, 0.2) is 0 Å². The fourth-order valence-electron chi connectivity index (χ4n) is 2.97. The number of aliphatic carboxylic acids is 1. The zero-order valence-corrected chi connectivity index (χ0v) is 13.9. The molecule has 2 aliphatic heterocycles. The molecule has 0 aromatic heterocycles. The monoisotopic (exact) mass is 337 g/mol. The first-order chi connectivity index (χ1) is 10.6. The Morgan fingerprint density at radius 2 is 2.00 bits per heavy atom. The molecule has 1 amide bonds. The Balaban J connectivity index is 1.75. The van der Waals surface area contributed by atoms with Crippen molar-refractivity contribution in [3.8, 4) is 0 Å². The van der Waals surface area contributed by atoms with E-state index in [9.17, 15) is 14.7 Å². The molecule has 0 saturated carbocycles.